The molecule has 2 aliphatic heterocycles. The number of piperidine rings is 2. The molecule has 1 unspecified atom stereocenters. The Hall–Kier alpha value is -1.83. The zero-order chi connectivity index (χ0) is 20.2. The van der Waals surface area contributed by atoms with Crippen molar-refractivity contribution in [2.75, 3.05) is 44.2 Å². The number of pyridine rings is 1. The van der Waals surface area contributed by atoms with Crippen LogP contribution in [-0.2, 0) is 0 Å². The van der Waals surface area contributed by atoms with Crippen molar-refractivity contribution in [3.05, 3.63) is 24.7 Å². The molecule has 2 fully saturated rings. The molecule has 0 spiro atoms. The van der Waals surface area contributed by atoms with Gasteiger partial charge in [-0.2, -0.15) is 0 Å². The topological polar surface area (TPSA) is 68.6 Å². The number of rotatable bonds is 6. The fourth-order valence-electron chi connectivity index (χ4n) is 5.11. The average molecular weight is 399 g/mol. The SMILES string of the molecule is CCN(CC)C1CCN(C(O)C2CCN(c3ccnc4nccnc34)CC2)CC1. The third-order valence-electron chi connectivity index (χ3n) is 6.85. The second kappa shape index (κ2) is 9.32. The highest BCUT2D eigenvalue weighted by molar-refractivity contribution is 5.84. The fraction of sp³-hybridized carbons (Fsp3) is 0.682. The van der Waals surface area contributed by atoms with Gasteiger partial charge in [0, 0.05) is 56.7 Å². The molecule has 2 aliphatic rings. The molecule has 7 nitrogen and oxygen atoms in total. The Bertz CT molecular complexity index is 776. The zero-order valence-corrected chi connectivity index (χ0v) is 17.7. The Kier molecular flexibility index (Phi) is 6.57. The third kappa shape index (κ3) is 4.37. The van der Waals surface area contributed by atoms with Crippen molar-refractivity contribution in [1.82, 2.24) is 24.8 Å². The second-order valence-electron chi connectivity index (χ2n) is 8.29. The van der Waals surface area contributed by atoms with E-state index in [-0.39, 0.29) is 6.23 Å². The highest BCUT2D eigenvalue weighted by Gasteiger charge is 2.33. The second-order valence-corrected chi connectivity index (χ2v) is 8.29. The molecule has 4 rings (SSSR count). The molecule has 158 valence electrons. The van der Waals surface area contributed by atoms with E-state index in [0.29, 0.717) is 17.6 Å². The van der Waals surface area contributed by atoms with Crippen LogP contribution in [0.15, 0.2) is 24.7 Å². The van der Waals surface area contributed by atoms with Crippen molar-refractivity contribution in [1.29, 1.82) is 0 Å². The standard InChI is InChI=1S/C22H34N6O/c1-3-26(4-2)18-8-15-28(16-9-18)22(29)17-6-13-27(14-7-17)19-5-10-24-21-20(19)23-11-12-25-21/h5,10-12,17-18,22,29H,3-4,6-9,13-16H2,1-2H3. The molecular formula is C22H34N6O. The summed E-state index contributed by atoms with van der Waals surface area (Å²) in [5, 5.41) is 11.0. The number of hydrogen-bond acceptors (Lipinski definition) is 7. The lowest BCUT2D eigenvalue weighted by atomic mass is 9.92. The van der Waals surface area contributed by atoms with E-state index < -0.39 is 0 Å². The van der Waals surface area contributed by atoms with Crippen molar-refractivity contribution in [3.8, 4) is 0 Å². The Labute approximate surface area is 173 Å². The number of aliphatic hydroxyl groups is 1. The first kappa shape index (κ1) is 20.4. The minimum Gasteiger partial charge on any atom is -0.378 e. The fourth-order valence-corrected chi connectivity index (χ4v) is 5.11. The molecule has 1 N–H and O–H groups in total. The van der Waals surface area contributed by atoms with E-state index >= 15 is 0 Å². The lowest BCUT2D eigenvalue weighted by molar-refractivity contribution is -0.0651. The number of likely N-dealkylation sites (tertiary alicyclic amines) is 1. The summed E-state index contributed by atoms with van der Waals surface area (Å²) in [5.41, 5.74) is 2.67. The first-order chi connectivity index (χ1) is 14.2. The summed E-state index contributed by atoms with van der Waals surface area (Å²) >= 11 is 0. The molecule has 1 atom stereocenters. The van der Waals surface area contributed by atoms with Crippen LogP contribution in [0.3, 0.4) is 0 Å². The first-order valence-corrected chi connectivity index (χ1v) is 11.2. The average Bonchev–Trinajstić information content (AvgIpc) is 2.80. The summed E-state index contributed by atoms with van der Waals surface area (Å²) in [6.45, 7) is 10.6. The van der Waals surface area contributed by atoms with Gasteiger partial charge < -0.3 is 14.9 Å². The maximum absolute atomic E-state index is 11.0. The third-order valence-corrected chi connectivity index (χ3v) is 6.85. The minimum absolute atomic E-state index is 0.316. The van der Waals surface area contributed by atoms with E-state index in [4.69, 9.17) is 0 Å². The summed E-state index contributed by atoms with van der Waals surface area (Å²) in [5.74, 6) is 0.343. The van der Waals surface area contributed by atoms with Crippen molar-refractivity contribution in [2.45, 2.75) is 51.8 Å². The van der Waals surface area contributed by atoms with Crippen LogP contribution in [0.25, 0.3) is 11.2 Å². The Balaban J connectivity index is 1.33. The van der Waals surface area contributed by atoms with Gasteiger partial charge in [0.1, 0.15) is 11.7 Å². The van der Waals surface area contributed by atoms with Gasteiger partial charge >= 0.3 is 0 Å². The normalized spacial score (nSPS) is 21.2. The summed E-state index contributed by atoms with van der Waals surface area (Å²) in [6, 6.07) is 2.71. The number of nitrogens with zero attached hydrogens (tertiary/aromatic N) is 6. The van der Waals surface area contributed by atoms with Gasteiger partial charge in [-0.3, -0.25) is 4.90 Å². The summed E-state index contributed by atoms with van der Waals surface area (Å²) in [6.07, 6.45) is 9.24. The van der Waals surface area contributed by atoms with Crippen LogP contribution >= 0.6 is 0 Å². The van der Waals surface area contributed by atoms with Crippen molar-refractivity contribution in [3.63, 3.8) is 0 Å². The number of aliphatic hydroxyl groups excluding tert-OH is 1. The largest absolute Gasteiger partial charge is 0.378 e. The molecule has 7 heteroatoms. The van der Waals surface area contributed by atoms with Crippen LogP contribution in [-0.4, -0.2) is 81.4 Å². The van der Waals surface area contributed by atoms with Gasteiger partial charge in [-0.15, -0.1) is 0 Å². The number of aromatic nitrogens is 3. The molecular weight excluding hydrogens is 364 g/mol. The van der Waals surface area contributed by atoms with E-state index in [1.165, 1.54) is 12.8 Å². The molecule has 2 aromatic rings. The monoisotopic (exact) mass is 398 g/mol. The van der Waals surface area contributed by atoms with Crippen molar-refractivity contribution < 1.29 is 5.11 Å². The summed E-state index contributed by atoms with van der Waals surface area (Å²) in [7, 11) is 0. The van der Waals surface area contributed by atoms with Gasteiger partial charge in [-0.25, -0.2) is 15.0 Å². The van der Waals surface area contributed by atoms with E-state index in [1.807, 2.05) is 12.3 Å². The summed E-state index contributed by atoms with van der Waals surface area (Å²) in [4.78, 5) is 20.4. The quantitative estimate of drug-likeness (QED) is 0.801. The number of anilines is 1. The smallest absolute Gasteiger partial charge is 0.180 e. The van der Waals surface area contributed by atoms with Gasteiger partial charge in [0.25, 0.3) is 0 Å². The van der Waals surface area contributed by atoms with E-state index in [9.17, 15) is 5.11 Å². The van der Waals surface area contributed by atoms with Crippen LogP contribution in [0.5, 0.6) is 0 Å². The Morgan fingerprint density at radius 3 is 2.31 bits per heavy atom. The van der Waals surface area contributed by atoms with Gasteiger partial charge in [0.2, 0.25) is 0 Å². The lowest BCUT2D eigenvalue weighted by Gasteiger charge is -2.43. The molecule has 29 heavy (non-hydrogen) atoms. The minimum atomic E-state index is -0.316. The van der Waals surface area contributed by atoms with Gasteiger partial charge in [-0.1, -0.05) is 13.8 Å². The van der Waals surface area contributed by atoms with E-state index in [2.05, 4.69) is 43.5 Å². The van der Waals surface area contributed by atoms with Crippen molar-refractivity contribution in [2.24, 2.45) is 5.92 Å². The zero-order valence-electron chi connectivity index (χ0n) is 17.7. The Morgan fingerprint density at radius 1 is 0.966 bits per heavy atom. The predicted octanol–water partition coefficient (Wildman–Crippen LogP) is 2.37. The molecule has 0 bridgehead atoms. The number of hydrogen-bond donors (Lipinski definition) is 1. The molecule has 0 amide bonds. The predicted molar refractivity (Wildman–Crippen MR) is 116 cm³/mol. The maximum atomic E-state index is 11.0. The van der Waals surface area contributed by atoms with Crippen LogP contribution in [0.4, 0.5) is 5.69 Å². The van der Waals surface area contributed by atoms with E-state index in [1.54, 1.807) is 12.4 Å². The van der Waals surface area contributed by atoms with Crippen LogP contribution in [0.1, 0.15) is 39.5 Å². The lowest BCUT2D eigenvalue weighted by Crippen LogP contribution is -2.51. The molecule has 0 saturated carbocycles. The van der Waals surface area contributed by atoms with Gasteiger partial charge in [0.15, 0.2) is 5.65 Å². The molecule has 2 aromatic heterocycles. The van der Waals surface area contributed by atoms with Crippen LogP contribution in [0.2, 0.25) is 0 Å². The van der Waals surface area contributed by atoms with Gasteiger partial charge in [0.05, 0.1) is 5.69 Å². The molecule has 2 saturated heterocycles. The van der Waals surface area contributed by atoms with Crippen molar-refractivity contribution >= 4 is 16.9 Å². The molecule has 0 aliphatic carbocycles. The highest BCUT2D eigenvalue weighted by Crippen LogP contribution is 2.30. The highest BCUT2D eigenvalue weighted by atomic mass is 16.3. The molecule has 4 heterocycles. The maximum Gasteiger partial charge on any atom is 0.180 e. The van der Waals surface area contributed by atoms with Gasteiger partial charge in [-0.05, 0) is 44.8 Å². The first-order valence-electron chi connectivity index (χ1n) is 11.2. The van der Waals surface area contributed by atoms with Crippen LogP contribution < -0.4 is 4.90 Å². The molecule has 0 aromatic carbocycles. The molecule has 0 radical (unpaired) electrons. The van der Waals surface area contributed by atoms with E-state index in [0.717, 1.165) is 63.3 Å². The van der Waals surface area contributed by atoms with Crippen LogP contribution in [0, 0.1) is 5.92 Å². The number of fused-ring (bicyclic) bond motifs is 1. The Morgan fingerprint density at radius 2 is 1.62 bits per heavy atom. The summed E-state index contributed by atoms with van der Waals surface area (Å²) < 4.78 is 0.